The Kier molecular flexibility index (Phi) is 11.5. The van der Waals surface area contributed by atoms with Crippen LogP contribution in [0.15, 0.2) is 30.6 Å². The number of hydrogen-bond donors (Lipinski definition) is 3. The minimum absolute atomic E-state index is 0.0400. The second-order valence-electron chi connectivity index (χ2n) is 11.6. The molecule has 1 fully saturated rings. The fourth-order valence-electron chi connectivity index (χ4n) is 6.07. The number of anilines is 1. The van der Waals surface area contributed by atoms with Gasteiger partial charge in [0.05, 0.1) is 32.1 Å². The van der Waals surface area contributed by atoms with Crippen molar-refractivity contribution in [2.75, 3.05) is 51.9 Å². The monoisotopic (exact) mass is 619 g/mol. The fraction of sp³-hybridized carbons (Fsp3) is 0.545. The number of fused-ring (bicyclic) bond motifs is 2. The Morgan fingerprint density at radius 3 is 2.62 bits per heavy atom. The number of hydrogen-bond acceptors (Lipinski definition) is 9. The van der Waals surface area contributed by atoms with Gasteiger partial charge in [-0.15, -0.1) is 0 Å². The van der Waals surface area contributed by atoms with Gasteiger partial charge in [0.1, 0.15) is 29.1 Å². The molecule has 0 aliphatic heterocycles. The zero-order chi connectivity index (χ0) is 31.6. The summed E-state index contributed by atoms with van der Waals surface area (Å²) in [6.07, 6.45) is 6.44. The summed E-state index contributed by atoms with van der Waals surface area (Å²) in [6.45, 7) is 7.36. The van der Waals surface area contributed by atoms with E-state index in [9.17, 15) is 9.59 Å². The van der Waals surface area contributed by atoms with Crippen LogP contribution in [0.1, 0.15) is 69.2 Å². The summed E-state index contributed by atoms with van der Waals surface area (Å²) in [7, 11) is 0. The van der Waals surface area contributed by atoms with Gasteiger partial charge < -0.3 is 30.2 Å². The molecule has 0 spiro atoms. The zero-order valence-corrected chi connectivity index (χ0v) is 26.3. The second kappa shape index (κ2) is 15.9. The largest absolute Gasteiger partial charge is 0.382 e. The normalized spacial score (nSPS) is 16.8. The highest BCUT2D eigenvalue weighted by atomic mass is 16.5. The molecule has 3 heterocycles. The number of benzene rings is 1. The Morgan fingerprint density at radius 2 is 1.84 bits per heavy atom. The molecule has 12 heteroatoms. The van der Waals surface area contributed by atoms with Crippen LogP contribution in [0.2, 0.25) is 0 Å². The number of para-hydroxylation sites is 1. The van der Waals surface area contributed by atoms with Crippen LogP contribution in [0.25, 0.3) is 27.8 Å². The lowest BCUT2D eigenvalue weighted by Crippen LogP contribution is -2.28. The van der Waals surface area contributed by atoms with Crippen molar-refractivity contribution in [3.8, 4) is 11.4 Å². The van der Waals surface area contributed by atoms with Crippen molar-refractivity contribution in [1.29, 1.82) is 0 Å². The van der Waals surface area contributed by atoms with E-state index in [0.29, 0.717) is 82.6 Å². The van der Waals surface area contributed by atoms with Gasteiger partial charge in [-0.2, -0.15) is 5.10 Å². The number of nitrogen functional groups attached to an aromatic ring is 1. The maximum absolute atomic E-state index is 13.0. The third-order valence-corrected chi connectivity index (χ3v) is 8.48. The van der Waals surface area contributed by atoms with Gasteiger partial charge in [0.15, 0.2) is 5.82 Å². The predicted molar refractivity (Wildman–Crippen MR) is 172 cm³/mol. The number of carbonyl (C=O) groups is 2. The number of Topliss-reactive ketones (excluding diaryl/α,β-unsaturated/α-hetero) is 1. The summed E-state index contributed by atoms with van der Waals surface area (Å²) in [5, 5.41) is 8.44. The number of nitrogens with one attached hydrogen (secondary N) is 2. The van der Waals surface area contributed by atoms with Gasteiger partial charge in [-0.25, -0.2) is 14.5 Å². The Hall–Kier alpha value is -3.87. The van der Waals surface area contributed by atoms with E-state index in [-0.39, 0.29) is 17.7 Å². The number of aryl methyl sites for hydroxylation is 1. The molecule has 12 nitrogen and oxygen atoms in total. The first-order valence-electron chi connectivity index (χ1n) is 16.1. The summed E-state index contributed by atoms with van der Waals surface area (Å²) >= 11 is 0. The maximum atomic E-state index is 13.0. The Balaban J connectivity index is 1.04. The number of ether oxygens (including phenoxy) is 3. The van der Waals surface area contributed by atoms with Crippen molar-refractivity contribution >= 4 is 33.9 Å². The Labute approximate surface area is 263 Å². The number of aromatic amines is 1. The number of nitrogens with zero attached hydrogens (tertiary/aromatic N) is 4. The second-order valence-corrected chi connectivity index (χ2v) is 11.6. The number of ketones is 1. The van der Waals surface area contributed by atoms with E-state index in [1.807, 2.05) is 17.5 Å². The van der Waals surface area contributed by atoms with Crippen molar-refractivity contribution in [3.05, 3.63) is 42.0 Å². The third kappa shape index (κ3) is 8.24. The van der Waals surface area contributed by atoms with Gasteiger partial charge in [-0.3, -0.25) is 9.59 Å². The summed E-state index contributed by atoms with van der Waals surface area (Å²) in [5.74, 6) is 1.78. The average molecular weight is 620 g/mol. The first kappa shape index (κ1) is 32.5. The molecule has 1 aromatic carbocycles. The van der Waals surface area contributed by atoms with E-state index < -0.39 is 0 Å². The summed E-state index contributed by atoms with van der Waals surface area (Å²) in [6, 6.07) is 8.31. The van der Waals surface area contributed by atoms with Gasteiger partial charge in [-0.1, -0.05) is 18.2 Å². The van der Waals surface area contributed by atoms with Gasteiger partial charge in [0, 0.05) is 55.3 Å². The number of amides is 1. The SMILES string of the molecule is CCOCCC(=O)NCCOCCOCCCC(=O)C1CCC(c2nc(-c3cc4cccc(C)c4[nH]3)c3c(N)ncnn23)CC1. The van der Waals surface area contributed by atoms with Crippen LogP contribution in [0.4, 0.5) is 5.82 Å². The molecule has 0 radical (unpaired) electrons. The molecule has 0 bridgehead atoms. The van der Waals surface area contributed by atoms with Crippen LogP contribution < -0.4 is 11.1 Å². The van der Waals surface area contributed by atoms with Crippen molar-refractivity contribution < 1.29 is 23.8 Å². The molecule has 0 atom stereocenters. The zero-order valence-electron chi connectivity index (χ0n) is 26.3. The molecule has 1 amide bonds. The fourth-order valence-corrected chi connectivity index (χ4v) is 6.07. The predicted octanol–water partition coefficient (Wildman–Crippen LogP) is 4.36. The Bertz CT molecular complexity index is 1570. The number of H-pyrrole nitrogens is 1. The lowest BCUT2D eigenvalue weighted by molar-refractivity contribution is -0.124. The quantitative estimate of drug-likeness (QED) is 0.146. The van der Waals surface area contributed by atoms with Crippen LogP contribution in [-0.4, -0.2) is 82.4 Å². The standard InChI is InChI=1S/C33H45N7O5/c1-3-43-16-13-28(42)35-14-17-45-19-18-44-15-5-8-27(41)23-9-11-24(12-10-23)33-39-30(31-32(34)36-21-37-40(31)33)26-20-25-7-4-6-22(2)29(25)38-26/h4,6-7,20-21,23-24,38H,3,5,8-19H2,1-2H3,(H,35,42)(H2,34,36,37). The molecule has 5 rings (SSSR count). The van der Waals surface area contributed by atoms with E-state index in [4.69, 9.17) is 24.9 Å². The molecule has 242 valence electrons. The van der Waals surface area contributed by atoms with E-state index in [1.54, 1.807) is 0 Å². The van der Waals surface area contributed by atoms with Crippen LogP contribution in [0, 0.1) is 12.8 Å². The van der Waals surface area contributed by atoms with Crippen LogP contribution in [0.3, 0.4) is 0 Å². The first-order chi connectivity index (χ1) is 22.0. The molecule has 0 unspecified atom stereocenters. The smallest absolute Gasteiger partial charge is 0.222 e. The van der Waals surface area contributed by atoms with Crippen molar-refractivity contribution in [3.63, 3.8) is 0 Å². The molecule has 1 aliphatic rings. The highest BCUT2D eigenvalue weighted by Gasteiger charge is 2.31. The minimum atomic E-state index is -0.0400. The van der Waals surface area contributed by atoms with Gasteiger partial charge in [0.2, 0.25) is 5.91 Å². The molecule has 3 aromatic heterocycles. The number of nitrogens with two attached hydrogens (primary N) is 1. The highest BCUT2D eigenvalue weighted by molar-refractivity contribution is 5.92. The van der Waals surface area contributed by atoms with E-state index >= 15 is 0 Å². The molecule has 1 aliphatic carbocycles. The van der Waals surface area contributed by atoms with Gasteiger partial charge in [0.25, 0.3) is 0 Å². The summed E-state index contributed by atoms with van der Waals surface area (Å²) in [5.41, 5.74) is 10.9. The first-order valence-corrected chi connectivity index (χ1v) is 16.1. The molecule has 45 heavy (non-hydrogen) atoms. The number of carbonyl (C=O) groups excluding carboxylic acids is 2. The summed E-state index contributed by atoms with van der Waals surface area (Å²) < 4.78 is 18.1. The van der Waals surface area contributed by atoms with Crippen LogP contribution >= 0.6 is 0 Å². The average Bonchev–Trinajstić information content (AvgIpc) is 3.66. The van der Waals surface area contributed by atoms with Crippen molar-refractivity contribution in [2.24, 2.45) is 5.92 Å². The molecule has 4 N–H and O–H groups in total. The van der Waals surface area contributed by atoms with Gasteiger partial charge >= 0.3 is 0 Å². The summed E-state index contributed by atoms with van der Waals surface area (Å²) in [4.78, 5) is 37.4. The van der Waals surface area contributed by atoms with Crippen LogP contribution in [-0.2, 0) is 23.8 Å². The topological polar surface area (TPSA) is 159 Å². The molecule has 4 aromatic rings. The molecule has 1 saturated carbocycles. The van der Waals surface area contributed by atoms with Crippen molar-refractivity contribution in [2.45, 2.75) is 64.7 Å². The Morgan fingerprint density at radius 1 is 1.04 bits per heavy atom. The van der Waals surface area contributed by atoms with Crippen LogP contribution in [0.5, 0.6) is 0 Å². The maximum Gasteiger partial charge on any atom is 0.222 e. The van der Waals surface area contributed by atoms with E-state index in [1.165, 1.54) is 11.9 Å². The number of rotatable bonds is 17. The molecular formula is C33H45N7O5. The number of aromatic nitrogens is 5. The highest BCUT2D eigenvalue weighted by Crippen LogP contribution is 2.39. The van der Waals surface area contributed by atoms with E-state index in [2.05, 4.69) is 45.5 Å². The lowest BCUT2D eigenvalue weighted by Gasteiger charge is -2.26. The lowest BCUT2D eigenvalue weighted by atomic mass is 9.79. The van der Waals surface area contributed by atoms with Gasteiger partial charge in [-0.05, 0) is 57.6 Å². The van der Waals surface area contributed by atoms with Crippen molar-refractivity contribution in [1.82, 2.24) is 29.9 Å². The van der Waals surface area contributed by atoms with E-state index in [0.717, 1.165) is 53.8 Å². The third-order valence-electron chi connectivity index (χ3n) is 8.48. The molecule has 0 saturated heterocycles. The number of imidazole rings is 1. The minimum Gasteiger partial charge on any atom is -0.382 e. The molecular weight excluding hydrogens is 574 g/mol.